The van der Waals surface area contributed by atoms with Crippen molar-refractivity contribution in [2.45, 2.75) is 6.42 Å². The summed E-state index contributed by atoms with van der Waals surface area (Å²) in [5.74, 6) is -0.331. The van der Waals surface area contributed by atoms with Gasteiger partial charge in [-0.1, -0.05) is 59.9 Å². The van der Waals surface area contributed by atoms with E-state index in [0.717, 1.165) is 21.0 Å². The minimum absolute atomic E-state index is 0.0575. The van der Waals surface area contributed by atoms with Crippen LogP contribution < -0.4 is 5.32 Å². The molecule has 0 aliphatic carbocycles. The second-order valence-corrected chi connectivity index (χ2v) is 6.79. The third-order valence-electron chi connectivity index (χ3n) is 4.07. The highest BCUT2D eigenvalue weighted by Crippen LogP contribution is 2.31. The van der Waals surface area contributed by atoms with Gasteiger partial charge in [-0.05, 0) is 11.5 Å². The molecular weight excluding hydrogens is 350 g/mol. The molecule has 1 aromatic heterocycles. The van der Waals surface area contributed by atoms with Gasteiger partial charge in [0.2, 0.25) is 5.91 Å². The molecule has 0 atom stereocenters. The number of nitrogens with one attached hydrogen (secondary N) is 1. The summed E-state index contributed by atoms with van der Waals surface area (Å²) in [6.07, 6.45) is -0.0756. The van der Waals surface area contributed by atoms with Crippen molar-refractivity contribution in [2.75, 3.05) is 5.32 Å². The average Bonchev–Trinajstić information content (AvgIpc) is 3.04. The first-order valence-electron chi connectivity index (χ1n) is 7.92. The number of nitrogens with zero attached hydrogens (tertiary/aromatic N) is 2. The van der Waals surface area contributed by atoms with Gasteiger partial charge in [0.15, 0.2) is 5.13 Å². The smallest absolute Gasteiger partial charge is 0.273 e. The molecule has 0 unspecified atom stereocenters. The molecule has 0 fully saturated rings. The summed E-state index contributed by atoms with van der Waals surface area (Å²) in [6, 6.07) is 18.2. The molecule has 7 heteroatoms. The molecule has 0 bridgehead atoms. The number of benzene rings is 3. The summed E-state index contributed by atoms with van der Waals surface area (Å²) < 4.78 is 0.977. The van der Waals surface area contributed by atoms with Crippen LogP contribution in [0.1, 0.15) is 5.56 Å². The lowest BCUT2D eigenvalue weighted by atomic mass is 10.1. The van der Waals surface area contributed by atoms with E-state index in [1.165, 1.54) is 17.4 Å². The minimum Gasteiger partial charge on any atom is -0.302 e. The Morgan fingerprint density at radius 1 is 1.08 bits per heavy atom. The summed E-state index contributed by atoms with van der Waals surface area (Å²) in [7, 11) is 0. The largest absolute Gasteiger partial charge is 0.302 e. The predicted octanol–water partition coefficient (Wildman–Crippen LogP) is 4.54. The fourth-order valence-corrected chi connectivity index (χ4v) is 3.79. The summed E-state index contributed by atoms with van der Waals surface area (Å²) in [6.45, 7) is 0. The lowest BCUT2D eigenvalue weighted by molar-refractivity contribution is -0.385. The van der Waals surface area contributed by atoms with Gasteiger partial charge in [0.05, 0.1) is 21.6 Å². The number of rotatable bonds is 4. The molecule has 6 nitrogen and oxygen atoms in total. The molecule has 1 amide bonds. The van der Waals surface area contributed by atoms with E-state index in [2.05, 4.69) is 10.3 Å². The zero-order chi connectivity index (χ0) is 18.1. The van der Waals surface area contributed by atoms with Crippen LogP contribution in [-0.2, 0) is 11.2 Å². The van der Waals surface area contributed by atoms with Crippen molar-refractivity contribution in [3.63, 3.8) is 0 Å². The number of carbonyl (C=O) groups excluding carboxylic acids is 1. The van der Waals surface area contributed by atoms with Gasteiger partial charge in [-0.2, -0.15) is 0 Å². The molecular formula is C19H13N3O3S. The van der Waals surface area contributed by atoms with E-state index in [4.69, 9.17) is 0 Å². The van der Waals surface area contributed by atoms with Crippen LogP contribution in [0.25, 0.3) is 21.0 Å². The fourth-order valence-electron chi connectivity index (χ4n) is 2.89. The van der Waals surface area contributed by atoms with Crippen molar-refractivity contribution >= 4 is 49.1 Å². The van der Waals surface area contributed by atoms with Crippen LogP contribution in [0, 0.1) is 10.1 Å². The number of anilines is 1. The number of para-hydroxylation sites is 1. The van der Waals surface area contributed by atoms with Gasteiger partial charge in [0.25, 0.3) is 5.69 Å². The lowest BCUT2D eigenvalue weighted by Crippen LogP contribution is -2.15. The highest BCUT2D eigenvalue weighted by molar-refractivity contribution is 7.22. The van der Waals surface area contributed by atoms with Crippen molar-refractivity contribution < 1.29 is 9.72 Å². The quantitative estimate of drug-likeness (QED) is 0.426. The lowest BCUT2D eigenvalue weighted by Gasteiger charge is -2.03. The first kappa shape index (κ1) is 16.2. The third kappa shape index (κ3) is 3.00. The molecule has 128 valence electrons. The second-order valence-electron chi connectivity index (χ2n) is 5.76. The molecule has 0 radical (unpaired) electrons. The summed E-state index contributed by atoms with van der Waals surface area (Å²) in [4.78, 5) is 27.5. The summed E-state index contributed by atoms with van der Waals surface area (Å²) in [5.41, 5.74) is 1.16. The first-order valence-corrected chi connectivity index (χ1v) is 8.74. The number of hydrogen-bond donors (Lipinski definition) is 1. The van der Waals surface area contributed by atoms with Crippen LogP contribution in [-0.4, -0.2) is 15.8 Å². The number of hydrogen-bond acceptors (Lipinski definition) is 5. The van der Waals surface area contributed by atoms with E-state index in [1.807, 2.05) is 36.4 Å². The van der Waals surface area contributed by atoms with Gasteiger partial charge >= 0.3 is 0 Å². The summed E-state index contributed by atoms with van der Waals surface area (Å²) >= 11 is 1.38. The molecule has 0 aliphatic rings. The van der Waals surface area contributed by atoms with Gasteiger partial charge in [0, 0.05) is 17.0 Å². The van der Waals surface area contributed by atoms with E-state index < -0.39 is 4.92 Å². The van der Waals surface area contributed by atoms with Crippen molar-refractivity contribution in [1.29, 1.82) is 0 Å². The SMILES string of the molecule is O=C(Cc1ccccc1[N+](=O)[O-])Nc1nc2c(ccc3ccccc32)s1. The van der Waals surface area contributed by atoms with Crippen LogP contribution in [0.15, 0.2) is 60.7 Å². The topological polar surface area (TPSA) is 85.1 Å². The maximum atomic E-state index is 12.3. The maximum absolute atomic E-state index is 12.3. The van der Waals surface area contributed by atoms with E-state index >= 15 is 0 Å². The Labute approximate surface area is 152 Å². The van der Waals surface area contributed by atoms with Crippen molar-refractivity contribution in [3.05, 3.63) is 76.3 Å². The van der Waals surface area contributed by atoms with Crippen LogP contribution in [0.4, 0.5) is 10.8 Å². The molecule has 26 heavy (non-hydrogen) atoms. The number of carbonyl (C=O) groups is 1. The number of thiazole rings is 1. The average molecular weight is 363 g/mol. The second kappa shape index (κ2) is 6.53. The monoisotopic (exact) mass is 363 g/mol. The highest BCUT2D eigenvalue weighted by atomic mass is 32.1. The van der Waals surface area contributed by atoms with E-state index in [1.54, 1.807) is 18.2 Å². The van der Waals surface area contributed by atoms with Gasteiger partial charge in [-0.15, -0.1) is 0 Å². The standard InChI is InChI=1S/C19H13N3O3S/c23-17(11-13-6-2-4-8-15(13)22(24)25)20-19-21-18-14-7-3-1-5-12(14)9-10-16(18)26-19/h1-10H,11H2,(H,20,21,23). The molecule has 3 aromatic carbocycles. The van der Waals surface area contributed by atoms with E-state index in [9.17, 15) is 14.9 Å². The Bertz CT molecular complexity index is 1150. The normalized spacial score (nSPS) is 10.9. The Kier molecular flexibility index (Phi) is 4.06. The third-order valence-corrected chi connectivity index (χ3v) is 5.01. The maximum Gasteiger partial charge on any atom is 0.273 e. The van der Waals surface area contributed by atoms with Crippen molar-refractivity contribution in [2.24, 2.45) is 0 Å². The fraction of sp³-hybridized carbons (Fsp3) is 0.0526. The molecule has 4 aromatic rings. The Balaban J connectivity index is 1.60. The molecule has 0 saturated carbocycles. The zero-order valence-electron chi connectivity index (χ0n) is 13.5. The number of nitro groups is 1. The van der Waals surface area contributed by atoms with Gasteiger partial charge in [-0.25, -0.2) is 4.98 Å². The molecule has 0 saturated heterocycles. The van der Waals surface area contributed by atoms with E-state index in [-0.39, 0.29) is 18.0 Å². The van der Waals surface area contributed by atoms with Crippen LogP contribution in [0.5, 0.6) is 0 Å². The Morgan fingerprint density at radius 2 is 1.85 bits per heavy atom. The zero-order valence-corrected chi connectivity index (χ0v) is 14.3. The molecule has 1 heterocycles. The minimum atomic E-state index is -0.480. The Hall–Kier alpha value is -3.32. The molecule has 0 aliphatic heterocycles. The number of aromatic nitrogens is 1. The van der Waals surface area contributed by atoms with Crippen LogP contribution in [0.3, 0.4) is 0 Å². The van der Waals surface area contributed by atoms with Gasteiger partial charge in [0.1, 0.15) is 0 Å². The number of nitro benzene ring substituents is 1. The number of fused-ring (bicyclic) bond motifs is 3. The highest BCUT2D eigenvalue weighted by Gasteiger charge is 2.16. The molecule has 4 rings (SSSR count). The molecule has 0 spiro atoms. The van der Waals surface area contributed by atoms with Crippen LogP contribution >= 0.6 is 11.3 Å². The van der Waals surface area contributed by atoms with Crippen LogP contribution in [0.2, 0.25) is 0 Å². The summed E-state index contributed by atoms with van der Waals surface area (Å²) in [5, 5.41) is 16.4. The predicted molar refractivity (Wildman–Crippen MR) is 103 cm³/mol. The van der Waals surface area contributed by atoms with Gasteiger partial charge in [-0.3, -0.25) is 14.9 Å². The molecule has 1 N–H and O–H groups in total. The first-order chi connectivity index (χ1) is 12.6. The van der Waals surface area contributed by atoms with Crippen molar-refractivity contribution in [1.82, 2.24) is 4.98 Å². The number of amides is 1. The van der Waals surface area contributed by atoms with Gasteiger partial charge < -0.3 is 5.32 Å². The Morgan fingerprint density at radius 3 is 2.69 bits per heavy atom. The van der Waals surface area contributed by atoms with Crippen molar-refractivity contribution in [3.8, 4) is 0 Å². The van der Waals surface area contributed by atoms with E-state index in [0.29, 0.717) is 10.7 Å².